The van der Waals surface area contributed by atoms with E-state index in [4.69, 9.17) is 16.3 Å². The van der Waals surface area contributed by atoms with Crippen molar-refractivity contribution < 1.29 is 9.53 Å². The summed E-state index contributed by atoms with van der Waals surface area (Å²) in [5, 5.41) is 4.54. The Morgan fingerprint density at radius 1 is 1.18 bits per heavy atom. The van der Waals surface area contributed by atoms with Gasteiger partial charge in [-0.25, -0.2) is 5.43 Å². The number of hydrogen-bond acceptors (Lipinski definition) is 3. The van der Waals surface area contributed by atoms with E-state index >= 15 is 0 Å². The molecule has 0 fully saturated rings. The van der Waals surface area contributed by atoms with Gasteiger partial charge in [0.15, 0.2) is 6.61 Å². The van der Waals surface area contributed by atoms with Crippen molar-refractivity contribution in [2.24, 2.45) is 5.10 Å². The molecule has 22 heavy (non-hydrogen) atoms. The van der Waals surface area contributed by atoms with E-state index in [1.807, 2.05) is 44.2 Å². The predicted octanol–water partition coefficient (Wildman–Crippen LogP) is 3.49. The summed E-state index contributed by atoms with van der Waals surface area (Å²) < 4.78 is 5.54. The van der Waals surface area contributed by atoms with Crippen LogP contribution in [0, 0.1) is 13.8 Å². The van der Waals surface area contributed by atoms with Crippen LogP contribution >= 0.6 is 11.6 Å². The van der Waals surface area contributed by atoms with E-state index in [9.17, 15) is 4.79 Å². The first kappa shape index (κ1) is 16.0. The molecule has 0 unspecified atom stereocenters. The standard InChI is InChI=1S/C17H17ClN2O2/c1-12-4-3-5-13(2)17(12)22-11-16(21)20-19-10-14-6-8-15(18)9-7-14/h3-10H,11H2,1-2H3,(H,20,21)/b19-10-. The third-order valence-electron chi connectivity index (χ3n) is 3.03. The third kappa shape index (κ3) is 4.60. The molecule has 0 atom stereocenters. The first-order chi connectivity index (χ1) is 10.6. The Labute approximate surface area is 134 Å². The lowest BCUT2D eigenvalue weighted by Gasteiger charge is -2.10. The van der Waals surface area contributed by atoms with Crippen molar-refractivity contribution in [1.82, 2.24) is 5.43 Å². The van der Waals surface area contributed by atoms with Crippen LogP contribution in [0.25, 0.3) is 0 Å². The van der Waals surface area contributed by atoms with Gasteiger partial charge in [-0.3, -0.25) is 4.79 Å². The fraction of sp³-hybridized carbons (Fsp3) is 0.176. The number of hydrogen-bond donors (Lipinski definition) is 1. The number of nitrogens with one attached hydrogen (secondary N) is 1. The van der Waals surface area contributed by atoms with E-state index in [0.29, 0.717) is 5.02 Å². The number of carbonyl (C=O) groups is 1. The number of carbonyl (C=O) groups excluding carboxylic acids is 1. The molecule has 0 spiro atoms. The number of amides is 1. The second kappa shape index (κ2) is 7.61. The van der Waals surface area contributed by atoms with Crippen LogP contribution in [0.5, 0.6) is 5.75 Å². The second-order valence-electron chi connectivity index (χ2n) is 4.85. The lowest BCUT2D eigenvalue weighted by Crippen LogP contribution is -2.25. The molecule has 0 aromatic heterocycles. The van der Waals surface area contributed by atoms with Crippen LogP contribution < -0.4 is 10.2 Å². The maximum Gasteiger partial charge on any atom is 0.277 e. The molecule has 5 heteroatoms. The van der Waals surface area contributed by atoms with Crippen LogP contribution in [-0.2, 0) is 4.79 Å². The SMILES string of the molecule is Cc1cccc(C)c1OCC(=O)N/N=C\c1ccc(Cl)cc1. The minimum atomic E-state index is -0.312. The van der Waals surface area contributed by atoms with Gasteiger partial charge in [0.1, 0.15) is 5.75 Å². The number of nitrogens with zero attached hydrogens (tertiary/aromatic N) is 1. The zero-order valence-electron chi connectivity index (χ0n) is 12.5. The summed E-state index contributed by atoms with van der Waals surface area (Å²) in [5.41, 5.74) is 5.27. The van der Waals surface area contributed by atoms with Crippen molar-refractivity contribution in [1.29, 1.82) is 0 Å². The van der Waals surface area contributed by atoms with Crippen molar-refractivity contribution in [3.63, 3.8) is 0 Å². The Bertz CT molecular complexity index is 661. The molecule has 1 amide bonds. The first-order valence-corrected chi connectivity index (χ1v) is 7.20. The Hall–Kier alpha value is -2.33. The maximum absolute atomic E-state index is 11.7. The number of halogens is 1. The molecule has 114 valence electrons. The number of aryl methyl sites for hydroxylation is 2. The minimum Gasteiger partial charge on any atom is -0.483 e. The highest BCUT2D eigenvalue weighted by atomic mass is 35.5. The van der Waals surface area contributed by atoms with Gasteiger partial charge in [-0.05, 0) is 42.7 Å². The Kier molecular flexibility index (Phi) is 5.55. The molecule has 0 bridgehead atoms. The molecule has 0 radical (unpaired) electrons. The van der Waals surface area contributed by atoms with Crippen LogP contribution in [0.3, 0.4) is 0 Å². The van der Waals surface area contributed by atoms with Gasteiger partial charge in [0.05, 0.1) is 6.21 Å². The van der Waals surface area contributed by atoms with Crippen LogP contribution in [0.4, 0.5) is 0 Å². The summed E-state index contributed by atoms with van der Waals surface area (Å²) in [6.07, 6.45) is 1.55. The molecule has 0 saturated heterocycles. The highest BCUT2D eigenvalue weighted by Gasteiger charge is 2.06. The van der Waals surface area contributed by atoms with Crippen molar-refractivity contribution in [3.05, 3.63) is 64.2 Å². The van der Waals surface area contributed by atoms with E-state index < -0.39 is 0 Å². The van der Waals surface area contributed by atoms with Gasteiger partial charge < -0.3 is 4.74 Å². The largest absolute Gasteiger partial charge is 0.483 e. The summed E-state index contributed by atoms with van der Waals surface area (Å²) in [4.78, 5) is 11.7. The summed E-state index contributed by atoms with van der Waals surface area (Å²) >= 11 is 5.79. The quantitative estimate of drug-likeness (QED) is 0.678. The van der Waals surface area contributed by atoms with E-state index in [-0.39, 0.29) is 12.5 Å². The van der Waals surface area contributed by atoms with E-state index in [0.717, 1.165) is 22.4 Å². The number of ether oxygens (including phenoxy) is 1. The summed E-state index contributed by atoms with van der Waals surface area (Å²) in [6.45, 7) is 3.81. The fourth-order valence-corrected chi connectivity index (χ4v) is 2.05. The van der Waals surface area contributed by atoms with E-state index in [1.165, 1.54) is 0 Å². The number of benzene rings is 2. The molecule has 0 heterocycles. The number of hydrazone groups is 1. The monoisotopic (exact) mass is 316 g/mol. The summed E-state index contributed by atoms with van der Waals surface area (Å²) in [7, 11) is 0. The average molecular weight is 317 g/mol. The van der Waals surface area contributed by atoms with Gasteiger partial charge in [0.25, 0.3) is 5.91 Å². The molecule has 0 aliphatic heterocycles. The van der Waals surface area contributed by atoms with Crippen LogP contribution in [-0.4, -0.2) is 18.7 Å². The zero-order chi connectivity index (χ0) is 15.9. The summed E-state index contributed by atoms with van der Waals surface area (Å²) in [5.74, 6) is 0.423. The predicted molar refractivity (Wildman–Crippen MR) is 88.6 cm³/mol. The Morgan fingerprint density at radius 3 is 2.45 bits per heavy atom. The highest BCUT2D eigenvalue weighted by Crippen LogP contribution is 2.21. The van der Waals surface area contributed by atoms with Crippen LogP contribution in [0.2, 0.25) is 5.02 Å². The van der Waals surface area contributed by atoms with Crippen molar-refractivity contribution in [3.8, 4) is 5.75 Å². The van der Waals surface area contributed by atoms with E-state index in [2.05, 4.69) is 10.5 Å². The molecule has 0 aliphatic carbocycles. The van der Waals surface area contributed by atoms with Crippen LogP contribution in [0.1, 0.15) is 16.7 Å². The van der Waals surface area contributed by atoms with E-state index in [1.54, 1.807) is 18.3 Å². The zero-order valence-corrected chi connectivity index (χ0v) is 13.2. The van der Waals surface area contributed by atoms with Crippen molar-refractivity contribution >= 4 is 23.7 Å². The molecular formula is C17H17ClN2O2. The highest BCUT2D eigenvalue weighted by molar-refractivity contribution is 6.30. The smallest absolute Gasteiger partial charge is 0.277 e. The third-order valence-corrected chi connectivity index (χ3v) is 3.28. The van der Waals surface area contributed by atoms with Gasteiger partial charge in [0, 0.05) is 5.02 Å². The second-order valence-corrected chi connectivity index (χ2v) is 5.29. The molecule has 0 aliphatic rings. The lowest BCUT2D eigenvalue weighted by atomic mass is 10.1. The maximum atomic E-state index is 11.7. The van der Waals surface area contributed by atoms with Gasteiger partial charge in [-0.2, -0.15) is 5.10 Å². The summed E-state index contributed by atoms with van der Waals surface area (Å²) in [6, 6.07) is 13.0. The molecular weight excluding hydrogens is 300 g/mol. The topological polar surface area (TPSA) is 50.7 Å². The molecule has 0 saturated carbocycles. The number of rotatable bonds is 5. The number of para-hydroxylation sites is 1. The Morgan fingerprint density at radius 2 is 1.82 bits per heavy atom. The first-order valence-electron chi connectivity index (χ1n) is 6.83. The van der Waals surface area contributed by atoms with Crippen LogP contribution in [0.15, 0.2) is 47.6 Å². The van der Waals surface area contributed by atoms with Crippen molar-refractivity contribution in [2.75, 3.05) is 6.61 Å². The lowest BCUT2D eigenvalue weighted by molar-refractivity contribution is -0.123. The normalized spacial score (nSPS) is 10.7. The molecule has 2 rings (SSSR count). The van der Waals surface area contributed by atoms with Gasteiger partial charge >= 0.3 is 0 Å². The van der Waals surface area contributed by atoms with Gasteiger partial charge in [-0.15, -0.1) is 0 Å². The average Bonchev–Trinajstić information content (AvgIpc) is 2.49. The Balaban J connectivity index is 1.84. The molecule has 4 nitrogen and oxygen atoms in total. The van der Waals surface area contributed by atoms with Gasteiger partial charge in [0.2, 0.25) is 0 Å². The van der Waals surface area contributed by atoms with Crippen molar-refractivity contribution in [2.45, 2.75) is 13.8 Å². The van der Waals surface area contributed by atoms with Gasteiger partial charge in [-0.1, -0.05) is 41.9 Å². The molecule has 1 N–H and O–H groups in total. The molecule has 2 aromatic carbocycles. The molecule has 2 aromatic rings. The fourth-order valence-electron chi connectivity index (χ4n) is 1.92. The minimum absolute atomic E-state index is 0.0797.